The smallest absolute Gasteiger partial charge is 0.127 e. The van der Waals surface area contributed by atoms with E-state index in [2.05, 4.69) is 0 Å². The zero-order valence-corrected chi connectivity index (χ0v) is 19.7. The molecule has 0 aliphatic heterocycles. The van der Waals surface area contributed by atoms with Crippen molar-refractivity contribution in [3.8, 4) is 23.0 Å². The molecule has 0 heterocycles. The van der Waals surface area contributed by atoms with Gasteiger partial charge in [0, 0.05) is 23.6 Å². The first-order chi connectivity index (χ1) is 16.0. The normalized spacial score (nSPS) is 17.8. The lowest BCUT2D eigenvalue weighted by Gasteiger charge is -2.34. The Kier molecular flexibility index (Phi) is 7.90. The van der Waals surface area contributed by atoms with Crippen LogP contribution in [0.4, 0.5) is 0 Å². The van der Waals surface area contributed by atoms with Gasteiger partial charge in [-0.25, -0.2) is 0 Å². The van der Waals surface area contributed by atoms with Gasteiger partial charge in [-0.15, -0.1) is 0 Å². The maximum Gasteiger partial charge on any atom is 0.127 e. The van der Waals surface area contributed by atoms with Gasteiger partial charge in [0.1, 0.15) is 29.1 Å². The van der Waals surface area contributed by atoms with Gasteiger partial charge in [0.25, 0.3) is 0 Å². The molecule has 0 saturated heterocycles. The minimum atomic E-state index is -0.948. The van der Waals surface area contributed by atoms with Crippen LogP contribution in [0.1, 0.15) is 28.7 Å². The van der Waals surface area contributed by atoms with Gasteiger partial charge < -0.3 is 33.5 Å². The molecule has 2 aromatic carbocycles. The number of aliphatic hydroxyl groups excluding tert-OH is 1. The van der Waals surface area contributed by atoms with E-state index in [0.717, 1.165) is 16.7 Å². The van der Waals surface area contributed by atoms with Gasteiger partial charge in [-0.1, -0.05) is 0 Å². The minimum Gasteiger partial charge on any atom is -0.504 e. The molecule has 0 spiro atoms. The van der Waals surface area contributed by atoms with Crippen molar-refractivity contribution in [1.29, 1.82) is 0 Å². The Balaban J connectivity index is 2.43. The molecule has 2 atom stereocenters. The first kappa shape index (κ1) is 24.1. The summed E-state index contributed by atoms with van der Waals surface area (Å²) in [5.74, 6) is 2.13. The average Bonchev–Trinajstić information content (AvgIpc) is 2.85. The van der Waals surface area contributed by atoms with Crippen LogP contribution in [-0.2, 0) is 9.47 Å². The van der Waals surface area contributed by atoms with Crippen LogP contribution >= 0.6 is 0 Å². The van der Waals surface area contributed by atoms with E-state index in [9.17, 15) is 5.11 Å². The highest BCUT2D eigenvalue weighted by atomic mass is 16.5. The summed E-state index contributed by atoms with van der Waals surface area (Å²) in [7, 11) is 9.52. The fourth-order valence-electron chi connectivity index (χ4n) is 4.10. The summed E-state index contributed by atoms with van der Waals surface area (Å²) < 4.78 is 32.7. The molecule has 176 valence electrons. The Labute approximate surface area is 194 Å². The highest BCUT2D eigenvalue weighted by Gasteiger charge is 2.36. The summed E-state index contributed by atoms with van der Waals surface area (Å²) in [6.45, 7) is 0. The van der Waals surface area contributed by atoms with E-state index in [1.54, 1.807) is 55.0 Å². The number of rotatable bonds is 9. The van der Waals surface area contributed by atoms with Crippen molar-refractivity contribution in [3.63, 3.8) is 0 Å². The van der Waals surface area contributed by atoms with Crippen molar-refractivity contribution in [2.45, 2.75) is 12.0 Å². The van der Waals surface area contributed by atoms with E-state index < -0.39 is 6.10 Å². The number of fused-ring (bicyclic) bond motifs is 1. The average molecular weight is 455 g/mol. The number of allylic oxidation sites excluding steroid dienone is 2. The van der Waals surface area contributed by atoms with Crippen LogP contribution in [0.3, 0.4) is 0 Å². The third-order valence-electron chi connectivity index (χ3n) is 5.60. The predicted molar refractivity (Wildman–Crippen MR) is 125 cm³/mol. The van der Waals surface area contributed by atoms with Crippen LogP contribution < -0.4 is 18.9 Å². The summed E-state index contributed by atoms with van der Waals surface area (Å²) in [6.07, 6.45) is 5.75. The molecule has 7 heteroatoms. The predicted octanol–water partition coefficient (Wildman–Crippen LogP) is 4.52. The van der Waals surface area contributed by atoms with Gasteiger partial charge in [-0.05, 0) is 52.6 Å². The summed E-state index contributed by atoms with van der Waals surface area (Å²) in [5.41, 5.74) is 3.83. The number of methoxy groups -OCH3 is 6. The number of hydrogen-bond acceptors (Lipinski definition) is 7. The minimum absolute atomic E-state index is 0.337. The molecule has 1 aliphatic rings. The number of hydrogen-bond donors (Lipinski definition) is 1. The molecule has 0 fully saturated rings. The van der Waals surface area contributed by atoms with Gasteiger partial charge in [-0.3, -0.25) is 0 Å². The Morgan fingerprint density at radius 2 is 1.21 bits per heavy atom. The molecular formula is C26H30O7. The van der Waals surface area contributed by atoms with Crippen molar-refractivity contribution in [2.75, 3.05) is 42.7 Å². The van der Waals surface area contributed by atoms with E-state index in [1.807, 2.05) is 36.4 Å². The Hall–Kier alpha value is -3.58. The maximum absolute atomic E-state index is 11.4. The topological polar surface area (TPSA) is 75.6 Å². The summed E-state index contributed by atoms with van der Waals surface area (Å²) in [6, 6.07) is 9.33. The first-order valence-corrected chi connectivity index (χ1v) is 10.3. The number of ether oxygens (including phenoxy) is 6. The molecule has 3 rings (SSSR count). The highest BCUT2D eigenvalue weighted by molar-refractivity contribution is 5.64. The van der Waals surface area contributed by atoms with Crippen LogP contribution in [0.25, 0.3) is 0 Å². The van der Waals surface area contributed by atoms with Crippen LogP contribution in [0.5, 0.6) is 23.0 Å². The standard InChI is InChI=1S/C26H30O7/c1-28-9-7-20-21(8-10-29-2)26(27)22-14-19(32-5)15-23(33-6)25(22)24(20)16-11-17(30-3)13-18(12-16)31-4/h7-15,24,26-27H,1-6H3/b9-7+,10-8+. The largest absolute Gasteiger partial charge is 0.504 e. The highest BCUT2D eigenvalue weighted by Crippen LogP contribution is 2.51. The lowest BCUT2D eigenvalue weighted by Crippen LogP contribution is -2.20. The quantitative estimate of drug-likeness (QED) is 0.559. The molecule has 0 amide bonds. The van der Waals surface area contributed by atoms with Crippen molar-refractivity contribution in [2.24, 2.45) is 0 Å². The van der Waals surface area contributed by atoms with Crippen molar-refractivity contribution in [1.82, 2.24) is 0 Å². The zero-order valence-electron chi connectivity index (χ0n) is 19.7. The van der Waals surface area contributed by atoms with Gasteiger partial charge in [0.15, 0.2) is 0 Å². The molecule has 0 bridgehead atoms. The second-order valence-electron chi connectivity index (χ2n) is 7.30. The summed E-state index contributed by atoms with van der Waals surface area (Å²) in [5, 5.41) is 11.4. The third kappa shape index (κ3) is 4.78. The Morgan fingerprint density at radius 1 is 0.667 bits per heavy atom. The summed E-state index contributed by atoms with van der Waals surface area (Å²) >= 11 is 0. The second kappa shape index (κ2) is 10.8. The van der Waals surface area contributed by atoms with Crippen molar-refractivity contribution < 1.29 is 33.5 Å². The van der Waals surface area contributed by atoms with E-state index in [4.69, 9.17) is 28.4 Å². The fraction of sp³-hybridized carbons (Fsp3) is 0.308. The molecule has 0 aromatic heterocycles. The third-order valence-corrected chi connectivity index (χ3v) is 5.60. The zero-order chi connectivity index (χ0) is 24.0. The van der Waals surface area contributed by atoms with Gasteiger partial charge >= 0.3 is 0 Å². The van der Waals surface area contributed by atoms with E-state index >= 15 is 0 Å². The van der Waals surface area contributed by atoms with Gasteiger partial charge in [0.2, 0.25) is 0 Å². The molecule has 0 saturated carbocycles. The molecule has 33 heavy (non-hydrogen) atoms. The molecule has 1 aliphatic carbocycles. The van der Waals surface area contributed by atoms with Crippen LogP contribution in [0.15, 0.2) is 66.2 Å². The second-order valence-corrected chi connectivity index (χ2v) is 7.30. The molecular weight excluding hydrogens is 424 g/mol. The molecule has 0 radical (unpaired) electrons. The van der Waals surface area contributed by atoms with Crippen LogP contribution in [0.2, 0.25) is 0 Å². The number of benzene rings is 2. The van der Waals surface area contributed by atoms with E-state index in [-0.39, 0.29) is 5.92 Å². The maximum atomic E-state index is 11.4. The fourth-order valence-corrected chi connectivity index (χ4v) is 4.10. The van der Waals surface area contributed by atoms with Crippen molar-refractivity contribution >= 4 is 0 Å². The first-order valence-electron chi connectivity index (χ1n) is 10.3. The van der Waals surface area contributed by atoms with Crippen molar-refractivity contribution in [3.05, 3.63) is 82.8 Å². The van der Waals surface area contributed by atoms with Gasteiger partial charge in [0.05, 0.1) is 55.2 Å². The van der Waals surface area contributed by atoms with E-state index in [1.165, 1.54) is 6.26 Å². The van der Waals surface area contributed by atoms with Gasteiger partial charge in [-0.2, -0.15) is 0 Å². The monoisotopic (exact) mass is 454 g/mol. The Bertz CT molecular complexity index is 1050. The van der Waals surface area contributed by atoms with E-state index in [0.29, 0.717) is 34.1 Å². The van der Waals surface area contributed by atoms with Crippen LogP contribution in [0, 0.1) is 0 Å². The molecule has 2 unspecified atom stereocenters. The number of aliphatic hydroxyl groups is 1. The lowest BCUT2D eigenvalue weighted by molar-refractivity contribution is 0.211. The lowest BCUT2D eigenvalue weighted by atomic mass is 9.72. The summed E-state index contributed by atoms with van der Waals surface area (Å²) in [4.78, 5) is 0. The van der Waals surface area contributed by atoms with Crippen LogP contribution in [-0.4, -0.2) is 47.8 Å². The Morgan fingerprint density at radius 3 is 1.73 bits per heavy atom. The molecule has 7 nitrogen and oxygen atoms in total. The molecule has 1 N–H and O–H groups in total. The molecule has 2 aromatic rings. The SMILES string of the molecule is CO/C=C/C1=C(/C=C/OC)C(c2cc(OC)cc(OC)c2)c2c(OC)cc(OC)cc2C1O.